The lowest BCUT2D eigenvalue weighted by Gasteiger charge is -2.08. The van der Waals surface area contributed by atoms with Gasteiger partial charge in [-0.15, -0.1) is 11.3 Å². The molecule has 0 fully saturated rings. The van der Waals surface area contributed by atoms with Crippen molar-refractivity contribution in [1.82, 2.24) is 9.97 Å². The van der Waals surface area contributed by atoms with E-state index in [2.05, 4.69) is 103 Å². The Morgan fingerprint density at radius 2 is 1.02 bits per heavy atom. The average Bonchev–Trinajstić information content (AvgIpc) is 3.78. The van der Waals surface area contributed by atoms with Crippen LogP contribution in [0, 0.1) is 0 Å². The summed E-state index contributed by atoms with van der Waals surface area (Å²) >= 11 is 1.74. The molecule has 0 amide bonds. The number of hydrogen-bond donors (Lipinski definition) is 0. The van der Waals surface area contributed by atoms with E-state index < -0.39 is 0 Å². The summed E-state index contributed by atoms with van der Waals surface area (Å²) in [4.78, 5) is 10.4. The highest BCUT2D eigenvalue weighted by molar-refractivity contribution is 7.26. The summed E-state index contributed by atoms with van der Waals surface area (Å²) in [5, 5.41) is 5.62. The van der Waals surface area contributed by atoms with Crippen molar-refractivity contribution >= 4 is 75.5 Å². The number of thiophene rings is 1. The summed E-state index contributed by atoms with van der Waals surface area (Å²) in [5.74, 6) is 0.702. The predicted octanol–water partition coefficient (Wildman–Crippen LogP) is 11.6. The summed E-state index contributed by atoms with van der Waals surface area (Å²) in [6.07, 6.45) is 0. The maximum absolute atomic E-state index is 6.26. The maximum atomic E-state index is 6.26. The molecule has 0 spiro atoms. The Hall–Kier alpha value is -5.78. The number of benzene rings is 6. The van der Waals surface area contributed by atoms with Crippen LogP contribution < -0.4 is 0 Å². The average molecular weight is 595 g/mol. The molecular weight excluding hydrogens is 573 g/mol. The van der Waals surface area contributed by atoms with Crippen molar-refractivity contribution in [3.8, 4) is 33.8 Å². The Morgan fingerprint density at radius 3 is 1.84 bits per heavy atom. The Bertz CT molecular complexity index is 2770. The van der Waals surface area contributed by atoms with Crippen LogP contribution in [0.2, 0.25) is 0 Å². The van der Waals surface area contributed by atoms with Gasteiger partial charge >= 0.3 is 0 Å². The highest BCUT2D eigenvalue weighted by atomic mass is 32.1. The predicted molar refractivity (Wildman–Crippen MR) is 186 cm³/mol. The van der Waals surface area contributed by atoms with Gasteiger partial charge in [0, 0.05) is 42.8 Å². The molecule has 5 heteroatoms. The van der Waals surface area contributed by atoms with Crippen molar-refractivity contribution in [1.29, 1.82) is 0 Å². The molecule has 0 unspecified atom stereocenters. The highest BCUT2D eigenvalue weighted by Crippen LogP contribution is 2.41. The molecule has 210 valence electrons. The van der Waals surface area contributed by atoms with Crippen molar-refractivity contribution in [3.05, 3.63) is 133 Å². The van der Waals surface area contributed by atoms with E-state index in [0.717, 1.165) is 87.4 Å². The minimum atomic E-state index is 0.702. The summed E-state index contributed by atoms with van der Waals surface area (Å²) in [6.45, 7) is 0. The smallest absolute Gasteiger partial charge is 0.160 e. The van der Waals surface area contributed by atoms with Gasteiger partial charge in [-0.1, -0.05) is 91.0 Å². The lowest BCUT2D eigenvalue weighted by molar-refractivity contribution is 0.668. The molecule has 4 aromatic heterocycles. The van der Waals surface area contributed by atoms with Gasteiger partial charge in [0.2, 0.25) is 0 Å². The van der Waals surface area contributed by atoms with Gasteiger partial charge in [-0.2, -0.15) is 0 Å². The van der Waals surface area contributed by atoms with E-state index >= 15 is 0 Å². The van der Waals surface area contributed by atoms with Crippen LogP contribution >= 0.6 is 11.3 Å². The van der Waals surface area contributed by atoms with Crippen LogP contribution in [0.3, 0.4) is 0 Å². The quantitative estimate of drug-likeness (QED) is 0.204. The monoisotopic (exact) mass is 594 g/mol. The minimum Gasteiger partial charge on any atom is -0.456 e. The van der Waals surface area contributed by atoms with Crippen molar-refractivity contribution < 1.29 is 8.83 Å². The van der Waals surface area contributed by atoms with E-state index in [4.69, 9.17) is 18.8 Å². The van der Waals surface area contributed by atoms with E-state index in [9.17, 15) is 0 Å². The van der Waals surface area contributed by atoms with E-state index in [-0.39, 0.29) is 0 Å². The van der Waals surface area contributed by atoms with Gasteiger partial charge in [0.05, 0.1) is 15.9 Å². The van der Waals surface area contributed by atoms with Gasteiger partial charge in [0.15, 0.2) is 5.82 Å². The molecule has 0 radical (unpaired) electrons. The summed E-state index contributed by atoms with van der Waals surface area (Å²) in [7, 11) is 0. The molecule has 0 saturated heterocycles. The van der Waals surface area contributed by atoms with Crippen LogP contribution in [-0.4, -0.2) is 9.97 Å². The molecule has 0 N–H and O–H groups in total. The van der Waals surface area contributed by atoms with Crippen LogP contribution in [0.4, 0.5) is 0 Å². The molecular formula is C40H22N2O2S. The number of furan rings is 2. The van der Waals surface area contributed by atoms with Gasteiger partial charge < -0.3 is 8.83 Å². The number of nitrogens with zero attached hydrogens (tertiary/aromatic N) is 2. The second-order valence-corrected chi connectivity index (χ2v) is 12.4. The molecule has 6 aromatic carbocycles. The van der Waals surface area contributed by atoms with E-state index in [1.54, 1.807) is 11.3 Å². The van der Waals surface area contributed by atoms with Crippen molar-refractivity contribution in [2.45, 2.75) is 0 Å². The summed E-state index contributed by atoms with van der Waals surface area (Å²) in [5.41, 5.74) is 9.69. The van der Waals surface area contributed by atoms with E-state index in [0.29, 0.717) is 5.82 Å². The molecule has 4 heterocycles. The van der Waals surface area contributed by atoms with Crippen LogP contribution in [0.15, 0.2) is 142 Å². The molecule has 0 bridgehead atoms. The van der Waals surface area contributed by atoms with Crippen molar-refractivity contribution in [3.63, 3.8) is 0 Å². The highest BCUT2D eigenvalue weighted by Gasteiger charge is 2.18. The summed E-state index contributed by atoms with van der Waals surface area (Å²) < 4.78 is 14.6. The second-order valence-electron chi connectivity index (χ2n) is 11.4. The van der Waals surface area contributed by atoms with Gasteiger partial charge in [0.25, 0.3) is 0 Å². The number of hydrogen-bond acceptors (Lipinski definition) is 5. The van der Waals surface area contributed by atoms with Gasteiger partial charge in [-0.05, 0) is 53.6 Å². The fourth-order valence-corrected chi connectivity index (χ4v) is 7.66. The summed E-state index contributed by atoms with van der Waals surface area (Å²) in [6, 6.07) is 46.1. The first kappa shape index (κ1) is 24.6. The van der Waals surface area contributed by atoms with Gasteiger partial charge in [-0.25, -0.2) is 9.97 Å². The van der Waals surface area contributed by atoms with Crippen molar-refractivity contribution in [2.75, 3.05) is 0 Å². The molecule has 0 aliphatic carbocycles. The Morgan fingerprint density at radius 1 is 0.422 bits per heavy atom. The molecule has 0 saturated carbocycles. The molecule has 0 aliphatic rings. The lowest BCUT2D eigenvalue weighted by atomic mass is 10.0. The van der Waals surface area contributed by atoms with Crippen molar-refractivity contribution in [2.24, 2.45) is 0 Å². The zero-order valence-electron chi connectivity index (χ0n) is 23.8. The Labute approximate surface area is 260 Å². The fourth-order valence-electron chi connectivity index (χ4n) is 6.51. The standard InChI is InChI=1S/C40H22N2O2S/c1-4-10-32-27(7-1)29-19-17-26(22-35(29)44-32)37-39-38(30-9-3-6-12-36(30)45-39)42-40(41-37)24-15-13-23(14-16-24)25-18-20-34-31(21-25)28-8-2-5-11-33(28)43-34/h1-22H. The fraction of sp³-hybridized carbons (Fsp3) is 0. The largest absolute Gasteiger partial charge is 0.456 e. The molecule has 10 rings (SSSR count). The van der Waals surface area contributed by atoms with Crippen LogP contribution in [0.1, 0.15) is 0 Å². The second kappa shape index (κ2) is 9.36. The number of rotatable bonds is 3. The minimum absolute atomic E-state index is 0.702. The zero-order chi connectivity index (χ0) is 29.5. The Kier molecular flexibility index (Phi) is 5.12. The van der Waals surface area contributed by atoms with E-state index in [1.807, 2.05) is 30.3 Å². The van der Waals surface area contributed by atoms with Crippen LogP contribution in [0.25, 0.3) is 98.0 Å². The normalized spacial score (nSPS) is 12.0. The van der Waals surface area contributed by atoms with Gasteiger partial charge in [-0.3, -0.25) is 0 Å². The SMILES string of the molecule is c1ccc2c(c1)oc1cc(-c3nc(-c4ccc(-c5ccc6oc7ccccc7c6c5)cc4)nc4c3sc3ccccc34)ccc12. The third-order valence-electron chi connectivity index (χ3n) is 8.73. The number of fused-ring (bicyclic) bond motifs is 9. The topological polar surface area (TPSA) is 52.1 Å². The number of aromatic nitrogens is 2. The first-order valence-electron chi connectivity index (χ1n) is 14.9. The maximum Gasteiger partial charge on any atom is 0.160 e. The van der Waals surface area contributed by atoms with Gasteiger partial charge in [0.1, 0.15) is 22.3 Å². The number of para-hydroxylation sites is 2. The first-order chi connectivity index (χ1) is 22.3. The third kappa shape index (κ3) is 3.78. The zero-order valence-corrected chi connectivity index (χ0v) is 24.6. The molecule has 45 heavy (non-hydrogen) atoms. The molecule has 0 atom stereocenters. The Balaban J connectivity index is 1.12. The van der Waals surface area contributed by atoms with E-state index in [1.165, 1.54) is 4.70 Å². The molecule has 10 aromatic rings. The molecule has 4 nitrogen and oxygen atoms in total. The van der Waals surface area contributed by atoms with Crippen LogP contribution in [0.5, 0.6) is 0 Å². The molecule has 0 aliphatic heterocycles. The van der Waals surface area contributed by atoms with Crippen LogP contribution in [-0.2, 0) is 0 Å². The first-order valence-corrected chi connectivity index (χ1v) is 15.7. The third-order valence-corrected chi connectivity index (χ3v) is 9.89. The lowest BCUT2D eigenvalue weighted by Crippen LogP contribution is -1.93.